The minimum absolute atomic E-state index is 0.0119. The number of nitrogens with one attached hydrogen (secondary N) is 3. The molecule has 1 aromatic heterocycles. The molecule has 1 aliphatic heterocycles. The van der Waals surface area contributed by atoms with Gasteiger partial charge in [-0.2, -0.15) is 4.98 Å². The largest absolute Gasteiger partial charge is 0.494 e. The van der Waals surface area contributed by atoms with E-state index >= 15 is 0 Å². The minimum atomic E-state index is -3.73. The number of halogens is 1. The summed E-state index contributed by atoms with van der Waals surface area (Å²) < 4.78 is 41.4. The summed E-state index contributed by atoms with van der Waals surface area (Å²) in [5.41, 5.74) is 1.08. The topological polar surface area (TPSA) is 118 Å². The maximum absolute atomic E-state index is 13.0. The fraction of sp³-hybridized carbons (Fsp3) is 0.484. The van der Waals surface area contributed by atoms with Crippen LogP contribution >= 0.6 is 15.9 Å². The maximum Gasteiger partial charge on any atom is 0.242 e. The quantitative estimate of drug-likeness (QED) is 0.204. The number of nitrogens with zero attached hydrogens (tertiary/aromatic N) is 3. The van der Waals surface area contributed by atoms with Crippen molar-refractivity contribution in [1.29, 1.82) is 0 Å². The van der Waals surface area contributed by atoms with E-state index in [1.165, 1.54) is 0 Å². The lowest BCUT2D eigenvalue weighted by atomic mass is 9.79. The second-order valence-corrected chi connectivity index (χ2v) is 15.2. The van der Waals surface area contributed by atoms with Crippen molar-refractivity contribution in [2.45, 2.75) is 76.5 Å². The molecule has 0 bridgehead atoms. The van der Waals surface area contributed by atoms with Crippen molar-refractivity contribution >= 4 is 49.1 Å². The lowest BCUT2D eigenvalue weighted by Gasteiger charge is -2.53. The number of anilines is 4. The molecule has 3 N–H and O–H groups in total. The number of rotatable bonds is 11. The van der Waals surface area contributed by atoms with Crippen LogP contribution in [0.25, 0.3) is 0 Å². The van der Waals surface area contributed by atoms with Crippen molar-refractivity contribution in [2.75, 3.05) is 31.3 Å². The number of methoxy groups -OCH3 is 1. The van der Waals surface area contributed by atoms with Crippen molar-refractivity contribution in [1.82, 2.24) is 19.6 Å². The second-order valence-electron chi connectivity index (χ2n) is 12.6. The van der Waals surface area contributed by atoms with Gasteiger partial charge in [-0.15, -0.1) is 0 Å². The summed E-state index contributed by atoms with van der Waals surface area (Å²) in [5, 5.41) is 6.36. The van der Waals surface area contributed by atoms with E-state index in [0.29, 0.717) is 39.9 Å². The van der Waals surface area contributed by atoms with Crippen LogP contribution in [-0.4, -0.2) is 61.2 Å². The van der Waals surface area contributed by atoms with Crippen LogP contribution in [0.2, 0.25) is 0 Å². The van der Waals surface area contributed by atoms with Crippen molar-refractivity contribution in [2.24, 2.45) is 5.92 Å². The molecule has 0 spiro atoms. The Morgan fingerprint density at radius 2 is 1.72 bits per heavy atom. The molecule has 3 aromatic rings. The van der Waals surface area contributed by atoms with Crippen LogP contribution in [0, 0.1) is 5.92 Å². The monoisotopic (exact) mass is 674 g/mol. The van der Waals surface area contributed by atoms with Crippen LogP contribution in [0.3, 0.4) is 0 Å². The van der Waals surface area contributed by atoms with E-state index in [0.717, 1.165) is 18.6 Å². The zero-order valence-corrected chi connectivity index (χ0v) is 28.6. The second kappa shape index (κ2) is 13.0. The van der Waals surface area contributed by atoms with Gasteiger partial charge < -0.3 is 20.1 Å². The molecule has 234 valence electrons. The molecule has 1 fully saturated rings. The van der Waals surface area contributed by atoms with Crippen LogP contribution in [0.1, 0.15) is 54.4 Å². The molecule has 0 radical (unpaired) electrons. The summed E-state index contributed by atoms with van der Waals surface area (Å²) in [5.74, 6) is 2.18. The first-order chi connectivity index (χ1) is 20.1. The van der Waals surface area contributed by atoms with Gasteiger partial charge in [-0.05, 0) is 80.9 Å². The van der Waals surface area contributed by atoms with Crippen LogP contribution < -0.4 is 24.8 Å². The standard InChI is InChI=1S/C31H43BrN6O4S/c1-20(2)18-34-43(39,40)27-12-10-9-11-25(27)35-28-23(32)19-33-29(37-28)36-24-14-13-21(15-26(24)41-8)42-22-16-30(3,4)38(7)31(5,6)17-22/h9-15,19-20,22,34H,16-18H2,1-8H3,(H2,33,35,36,37). The Balaban J connectivity index is 1.53. The predicted octanol–water partition coefficient (Wildman–Crippen LogP) is 6.70. The van der Waals surface area contributed by atoms with E-state index in [1.807, 2.05) is 32.0 Å². The van der Waals surface area contributed by atoms with E-state index in [4.69, 9.17) is 9.47 Å². The van der Waals surface area contributed by atoms with Crippen molar-refractivity contribution in [3.63, 3.8) is 0 Å². The summed E-state index contributed by atoms with van der Waals surface area (Å²) in [6.45, 7) is 13.2. The van der Waals surface area contributed by atoms with E-state index in [2.05, 4.69) is 80.9 Å². The first-order valence-electron chi connectivity index (χ1n) is 14.4. The molecule has 1 saturated heterocycles. The first kappa shape index (κ1) is 33.0. The number of ether oxygens (including phenoxy) is 2. The molecule has 0 atom stereocenters. The average Bonchev–Trinajstić information content (AvgIpc) is 2.93. The number of hydrogen-bond donors (Lipinski definition) is 3. The van der Waals surface area contributed by atoms with Crippen LogP contribution in [0.15, 0.2) is 58.0 Å². The summed E-state index contributed by atoms with van der Waals surface area (Å²) >= 11 is 3.48. The number of para-hydroxylation sites is 1. The lowest BCUT2D eigenvalue weighted by molar-refractivity contribution is -0.0556. The van der Waals surface area contributed by atoms with Crippen LogP contribution in [-0.2, 0) is 10.0 Å². The van der Waals surface area contributed by atoms with Crippen LogP contribution in [0.4, 0.5) is 23.1 Å². The number of piperidine rings is 1. The highest BCUT2D eigenvalue weighted by atomic mass is 79.9. The number of aromatic nitrogens is 2. The minimum Gasteiger partial charge on any atom is -0.494 e. The predicted molar refractivity (Wildman–Crippen MR) is 175 cm³/mol. The number of sulfonamides is 1. The zero-order chi connectivity index (χ0) is 31.6. The van der Waals surface area contributed by atoms with Crippen LogP contribution in [0.5, 0.6) is 11.5 Å². The van der Waals surface area contributed by atoms with Gasteiger partial charge in [-0.25, -0.2) is 18.1 Å². The third-order valence-corrected chi connectivity index (χ3v) is 9.91. The highest BCUT2D eigenvalue weighted by Crippen LogP contribution is 2.40. The van der Waals surface area contributed by atoms with Crippen molar-refractivity contribution < 1.29 is 17.9 Å². The van der Waals surface area contributed by atoms with Gasteiger partial charge in [0, 0.05) is 42.7 Å². The Bertz CT molecular complexity index is 1530. The molecular formula is C31H43BrN6O4S. The molecule has 12 heteroatoms. The number of benzene rings is 2. The molecule has 0 saturated carbocycles. The molecular weight excluding hydrogens is 632 g/mol. The van der Waals surface area contributed by atoms with Gasteiger partial charge in [0.05, 0.1) is 23.0 Å². The molecule has 4 rings (SSSR count). The van der Waals surface area contributed by atoms with E-state index in [1.54, 1.807) is 37.6 Å². The van der Waals surface area contributed by atoms with Gasteiger partial charge in [-0.3, -0.25) is 4.90 Å². The van der Waals surface area contributed by atoms with E-state index in [-0.39, 0.29) is 28.0 Å². The Labute approximate surface area is 264 Å². The highest BCUT2D eigenvalue weighted by molar-refractivity contribution is 9.10. The summed E-state index contributed by atoms with van der Waals surface area (Å²) in [7, 11) is 0.0457. The molecule has 0 amide bonds. The lowest BCUT2D eigenvalue weighted by Crippen LogP contribution is -2.60. The molecule has 2 heterocycles. The molecule has 10 nitrogen and oxygen atoms in total. The van der Waals surface area contributed by atoms with Gasteiger partial charge in [0.2, 0.25) is 16.0 Å². The Kier molecular flexibility index (Phi) is 9.95. The normalized spacial score (nSPS) is 17.1. The van der Waals surface area contributed by atoms with Gasteiger partial charge in [0.1, 0.15) is 28.3 Å². The maximum atomic E-state index is 13.0. The SMILES string of the molecule is COc1cc(OC2CC(C)(C)N(C)C(C)(C)C2)ccc1Nc1ncc(Br)c(Nc2ccccc2S(=O)(=O)NCC(C)C)n1. The summed E-state index contributed by atoms with van der Waals surface area (Å²) in [6.07, 6.45) is 3.49. The third kappa shape index (κ3) is 7.97. The molecule has 0 aliphatic carbocycles. The Morgan fingerprint density at radius 1 is 1.05 bits per heavy atom. The first-order valence-corrected chi connectivity index (χ1v) is 16.6. The van der Waals surface area contributed by atoms with Crippen molar-refractivity contribution in [3.8, 4) is 11.5 Å². The van der Waals surface area contributed by atoms with E-state index < -0.39 is 10.0 Å². The zero-order valence-electron chi connectivity index (χ0n) is 26.2. The van der Waals surface area contributed by atoms with Gasteiger partial charge in [-0.1, -0.05) is 26.0 Å². The summed E-state index contributed by atoms with van der Waals surface area (Å²) in [4.78, 5) is 11.6. The highest BCUT2D eigenvalue weighted by Gasteiger charge is 2.44. The van der Waals surface area contributed by atoms with Crippen molar-refractivity contribution in [3.05, 3.63) is 53.1 Å². The molecule has 1 aliphatic rings. The van der Waals surface area contributed by atoms with Gasteiger partial charge in [0.15, 0.2) is 0 Å². The number of likely N-dealkylation sites (tertiary alicyclic amines) is 1. The van der Waals surface area contributed by atoms with E-state index in [9.17, 15) is 8.42 Å². The Hall–Kier alpha value is -2.93. The fourth-order valence-electron chi connectivity index (χ4n) is 5.32. The number of hydrogen-bond acceptors (Lipinski definition) is 9. The molecule has 43 heavy (non-hydrogen) atoms. The molecule has 2 aromatic carbocycles. The van der Waals surface area contributed by atoms with Gasteiger partial charge in [0.25, 0.3) is 0 Å². The third-order valence-electron chi connectivity index (χ3n) is 7.85. The smallest absolute Gasteiger partial charge is 0.242 e. The van der Waals surface area contributed by atoms with Gasteiger partial charge >= 0.3 is 0 Å². The Morgan fingerprint density at radius 3 is 2.37 bits per heavy atom. The molecule has 0 unspecified atom stereocenters. The fourth-order valence-corrected chi connectivity index (χ4v) is 6.99. The summed E-state index contributed by atoms with van der Waals surface area (Å²) in [6, 6.07) is 12.4. The average molecular weight is 676 g/mol.